The highest BCUT2D eigenvalue weighted by Gasteiger charge is 2.43. The largest absolute Gasteiger partial charge is 0.379 e. The number of rotatable bonds is 10. The van der Waals surface area contributed by atoms with Crippen molar-refractivity contribution in [3.8, 4) is 0 Å². The van der Waals surface area contributed by atoms with Crippen molar-refractivity contribution in [3.05, 3.63) is 12.2 Å². The third-order valence-corrected chi connectivity index (χ3v) is 4.83. The van der Waals surface area contributed by atoms with Crippen LogP contribution in [-0.4, -0.2) is 86.0 Å². The molecule has 5 heteroatoms. The van der Waals surface area contributed by atoms with Gasteiger partial charge < -0.3 is 19.4 Å². The molecule has 0 aromatic rings. The van der Waals surface area contributed by atoms with Gasteiger partial charge in [0.1, 0.15) is 13.1 Å². The summed E-state index contributed by atoms with van der Waals surface area (Å²) >= 11 is 0. The van der Waals surface area contributed by atoms with E-state index in [2.05, 4.69) is 61.0 Å². The Balaban J connectivity index is 4.69. The van der Waals surface area contributed by atoms with E-state index >= 15 is 0 Å². The maximum Gasteiger partial charge on any atom is 0.246 e. The van der Waals surface area contributed by atoms with Gasteiger partial charge in [-0.25, -0.2) is 0 Å². The van der Waals surface area contributed by atoms with Crippen LogP contribution in [0.25, 0.3) is 0 Å². The monoisotopic (exact) mass is 343 g/mol. The van der Waals surface area contributed by atoms with Crippen molar-refractivity contribution in [1.82, 2.24) is 5.32 Å². The number of hydrogen-bond acceptors (Lipinski definition) is 2. The van der Waals surface area contributed by atoms with Crippen LogP contribution in [0.4, 0.5) is 0 Å². The van der Waals surface area contributed by atoms with Gasteiger partial charge in [-0.15, -0.1) is 0 Å². The van der Waals surface area contributed by atoms with Crippen molar-refractivity contribution in [2.45, 2.75) is 51.7 Å². The fourth-order valence-electron chi connectivity index (χ4n) is 3.31. The van der Waals surface area contributed by atoms with Crippen LogP contribution < -0.4 is 5.32 Å². The molecule has 0 rings (SSSR count). The quantitative estimate of drug-likeness (QED) is 0.361. The Morgan fingerprint density at radius 3 is 2.00 bits per heavy atom. The molecule has 0 fully saturated rings. The number of amides is 1. The lowest BCUT2D eigenvalue weighted by molar-refractivity contribution is -0.950. The van der Waals surface area contributed by atoms with Gasteiger partial charge in [-0.3, -0.25) is 4.79 Å². The summed E-state index contributed by atoms with van der Waals surface area (Å²) in [6.45, 7) is 13.8. The van der Waals surface area contributed by atoms with Crippen LogP contribution in [0.1, 0.15) is 40.5 Å². The Morgan fingerprint density at radius 1 is 1.08 bits per heavy atom. The van der Waals surface area contributed by atoms with Crippen LogP contribution in [-0.2, 0) is 4.79 Å². The first-order valence-corrected chi connectivity index (χ1v) is 8.79. The third-order valence-electron chi connectivity index (χ3n) is 4.83. The third kappa shape index (κ3) is 8.27. The first-order chi connectivity index (χ1) is 10.5. The molecule has 0 aromatic heterocycles. The lowest BCUT2D eigenvalue weighted by atomic mass is 9.91. The van der Waals surface area contributed by atoms with Crippen molar-refractivity contribution in [3.63, 3.8) is 0 Å². The van der Waals surface area contributed by atoms with Gasteiger partial charge >= 0.3 is 0 Å². The van der Waals surface area contributed by atoms with Crippen LogP contribution >= 0.6 is 0 Å². The summed E-state index contributed by atoms with van der Waals surface area (Å²) in [6, 6.07) is 0. The molecule has 1 atom stereocenters. The average molecular weight is 344 g/mol. The van der Waals surface area contributed by atoms with E-state index in [1.54, 1.807) is 6.92 Å². The summed E-state index contributed by atoms with van der Waals surface area (Å²) in [4.78, 5) is 11.5. The van der Waals surface area contributed by atoms with Crippen LogP contribution in [0.5, 0.6) is 0 Å². The molecule has 0 radical (unpaired) electrons. The SMILES string of the molecule is C=C(C)C(=O)NCCCC(C)(C)[N+](C)(C)CC(C)(O)C[N+](C)(C)C. The molecule has 24 heavy (non-hydrogen) atoms. The summed E-state index contributed by atoms with van der Waals surface area (Å²) in [7, 11) is 10.7. The zero-order valence-corrected chi connectivity index (χ0v) is 17.5. The summed E-state index contributed by atoms with van der Waals surface area (Å²) in [6.07, 6.45) is 1.88. The van der Waals surface area contributed by atoms with E-state index in [9.17, 15) is 9.90 Å². The van der Waals surface area contributed by atoms with Gasteiger partial charge in [0.25, 0.3) is 0 Å². The van der Waals surface area contributed by atoms with Crippen LogP contribution in [0, 0.1) is 0 Å². The lowest BCUT2D eigenvalue weighted by Crippen LogP contribution is -2.64. The predicted molar refractivity (Wildman–Crippen MR) is 102 cm³/mol. The molecule has 0 bridgehead atoms. The molecule has 2 N–H and O–H groups in total. The zero-order valence-electron chi connectivity index (χ0n) is 17.5. The molecule has 1 unspecified atom stereocenters. The van der Waals surface area contributed by atoms with E-state index in [4.69, 9.17) is 0 Å². The van der Waals surface area contributed by atoms with E-state index in [-0.39, 0.29) is 11.4 Å². The molecule has 0 aliphatic carbocycles. The fourth-order valence-corrected chi connectivity index (χ4v) is 3.31. The van der Waals surface area contributed by atoms with E-state index in [1.165, 1.54) is 0 Å². The highest BCUT2D eigenvalue weighted by molar-refractivity contribution is 5.91. The molecular weight excluding hydrogens is 302 g/mol. The number of quaternary nitrogens is 2. The Labute approximate surface area is 149 Å². The van der Waals surface area contributed by atoms with Crippen molar-refractivity contribution >= 4 is 5.91 Å². The van der Waals surface area contributed by atoms with Crippen molar-refractivity contribution in [2.75, 3.05) is 54.9 Å². The molecule has 0 saturated carbocycles. The highest BCUT2D eigenvalue weighted by Crippen LogP contribution is 2.28. The molecule has 0 saturated heterocycles. The summed E-state index contributed by atoms with van der Waals surface area (Å²) in [5.74, 6) is -0.0764. The van der Waals surface area contributed by atoms with E-state index in [0.717, 1.165) is 21.8 Å². The van der Waals surface area contributed by atoms with E-state index < -0.39 is 5.60 Å². The molecule has 1 amide bonds. The molecule has 0 aromatic carbocycles. The second-order valence-electron chi connectivity index (χ2n) is 9.74. The molecule has 0 aliphatic heterocycles. The van der Waals surface area contributed by atoms with Crippen LogP contribution in [0.3, 0.4) is 0 Å². The highest BCUT2D eigenvalue weighted by atomic mass is 16.3. The number of carbonyl (C=O) groups is 1. The minimum Gasteiger partial charge on any atom is -0.379 e. The molecule has 142 valence electrons. The molecular formula is C19H41N3O2+2. The number of likely N-dealkylation sites (N-methyl/N-ethyl adjacent to an activating group) is 2. The molecule has 0 spiro atoms. The minimum absolute atomic E-state index is 0.00280. The van der Waals surface area contributed by atoms with Gasteiger partial charge in [-0.05, 0) is 34.1 Å². The average Bonchev–Trinajstić information content (AvgIpc) is 2.29. The molecule has 0 heterocycles. The van der Waals surface area contributed by atoms with Gasteiger partial charge in [0, 0.05) is 18.5 Å². The lowest BCUT2D eigenvalue weighted by Gasteiger charge is -2.48. The van der Waals surface area contributed by atoms with Gasteiger partial charge in [-0.2, -0.15) is 0 Å². The minimum atomic E-state index is -0.729. The number of nitrogens with zero attached hydrogens (tertiary/aromatic N) is 2. The van der Waals surface area contributed by atoms with E-state index in [0.29, 0.717) is 25.2 Å². The van der Waals surface area contributed by atoms with Crippen LogP contribution in [0.2, 0.25) is 0 Å². The first kappa shape index (κ1) is 23.1. The number of hydrogen-bond donors (Lipinski definition) is 2. The first-order valence-electron chi connectivity index (χ1n) is 8.79. The van der Waals surface area contributed by atoms with Crippen molar-refractivity contribution in [2.24, 2.45) is 0 Å². The van der Waals surface area contributed by atoms with Crippen molar-refractivity contribution < 1.29 is 18.9 Å². The van der Waals surface area contributed by atoms with Crippen LogP contribution in [0.15, 0.2) is 12.2 Å². The molecule has 5 nitrogen and oxygen atoms in total. The topological polar surface area (TPSA) is 49.3 Å². The Hall–Kier alpha value is -0.910. The smallest absolute Gasteiger partial charge is 0.246 e. The zero-order chi connectivity index (χ0) is 19.4. The summed E-state index contributed by atoms with van der Waals surface area (Å²) in [5, 5.41) is 13.7. The number of carbonyl (C=O) groups excluding carboxylic acids is 1. The maximum absolute atomic E-state index is 11.5. The maximum atomic E-state index is 11.5. The second-order valence-corrected chi connectivity index (χ2v) is 9.74. The van der Waals surface area contributed by atoms with Gasteiger partial charge in [0.15, 0.2) is 5.60 Å². The normalized spacial score (nSPS) is 15.8. The van der Waals surface area contributed by atoms with E-state index in [1.807, 2.05) is 6.92 Å². The summed E-state index contributed by atoms with van der Waals surface area (Å²) < 4.78 is 1.47. The molecule has 0 aliphatic rings. The number of aliphatic hydroxyl groups is 1. The van der Waals surface area contributed by atoms with Gasteiger partial charge in [-0.1, -0.05) is 6.58 Å². The number of nitrogens with one attached hydrogen (secondary N) is 1. The van der Waals surface area contributed by atoms with Gasteiger partial charge in [0.2, 0.25) is 5.91 Å². The van der Waals surface area contributed by atoms with Crippen molar-refractivity contribution in [1.29, 1.82) is 0 Å². The summed E-state index contributed by atoms with van der Waals surface area (Å²) in [5.41, 5.74) is -0.183. The Bertz CT molecular complexity index is 446. The fraction of sp³-hybridized carbons (Fsp3) is 0.842. The van der Waals surface area contributed by atoms with Gasteiger partial charge in [0.05, 0.1) is 40.8 Å². The predicted octanol–water partition coefficient (Wildman–Crippen LogP) is 1.77. The Kier molecular flexibility index (Phi) is 7.68. The standard InChI is InChI=1S/C19H40N3O2/c1-16(2)17(23)20-13-11-12-18(3,4)22(9,10)15-19(5,24)14-21(6,7)8/h24H,1,11-15H2,2-10H3/q+1/p+1. The Morgan fingerprint density at radius 2 is 1.58 bits per heavy atom. The second kappa shape index (κ2) is 7.98.